The van der Waals surface area contributed by atoms with Crippen LogP contribution in [0.4, 0.5) is 11.4 Å². The van der Waals surface area contributed by atoms with E-state index in [1.54, 1.807) is 12.1 Å². The quantitative estimate of drug-likeness (QED) is 0.198. The number of fused-ring (bicyclic) bond motifs is 3. The Morgan fingerprint density at radius 2 is 1.18 bits per heavy atom. The lowest BCUT2D eigenvalue weighted by Gasteiger charge is -2.07. The zero-order valence-corrected chi connectivity index (χ0v) is 15.0. The first-order valence-corrected chi connectivity index (χ1v) is 8.89. The zero-order chi connectivity index (χ0) is 20.2. The molecule has 0 aliphatic rings. The molecule has 1 heterocycles. The number of anilines is 2. The minimum Gasteiger partial charge on any atom is -0.397 e. The van der Waals surface area contributed by atoms with Gasteiger partial charge in [0.05, 0.1) is 32.9 Å². The van der Waals surface area contributed by atoms with E-state index >= 15 is 0 Å². The fourth-order valence-corrected chi connectivity index (χ4v) is 3.83. The number of benzene rings is 3. The highest BCUT2D eigenvalue weighted by Crippen LogP contribution is 2.31. The van der Waals surface area contributed by atoms with Crippen LogP contribution in [0.25, 0.3) is 32.3 Å². The molecule has 0 fully saturated rings. The summed E-state index contributed by atoms with van der Waals surface area (Å²) in [7, 11) is 0. The molecule has 0 aliphatic carbocycles. The van der Waals surface area contributed by atoms with Crippen LogP contribution in [0.15, 0.2) is 43.4 Å². The van der Waals surface area contributed by atoms with E-state index in [1.165, 1.54) is 12.1 Å². The predicted octanol–water partition coefficient (Wildman–Crippen LogP) is 0.167. The molecule has 0 saturated carbocycles. The van der Waals surface area contributed by atoms with Gasteiger partial charge in [0.1, 0.15) is 0 Å². The Morgan fingerprint density at radius 3 is 1.61 bits per heavy atom. The number of unbranched alkanes of at least 4 members (excludes halogenated alkanes) is 1. The van der Waals surface area contributed by atoms with Gasteiger partial charge >= 0.3 is 0 Å². The predicted molar refractivity (Wildman–Crippen MR) is 112 cm³/mol. The third kappa shape index (κ3) is 2.21. The van der Waals surface area contributed by atoms with E-state index in [0.29, 0.717) is 19.4 Å². The summed E-state index contributed by atoms with van der Waals surface area (Å²) in [6, 6.07) is 6.31. The van der Waals surface area contributed by atoms with Crippen molar-refractivity contribution in [2.45, 2.75) is 19.4 Å². The van der Waals surface area contributed by atoms with E-state index in [9.17, 15) is 19.2 Å². The SMILES string of the molecule is NCCCCn1c(=O)c2c(N)c3c(=O)c4ccccc4c(=O)c3c(N)c2c1=O. The summed E-state index contributed by atoms with van der Waals surface area (Å²) in [5, 5.41) is -0.0240. The van der Waals surface area contributed by atoms with E-state index in [2.05, 4.69) is 0 Å². The lowest BCUT2D eigenvalue weighted by Crippen LogP contribution is -2.26. The van der Waals surface area contributed by atoms with Crippen molar-refractivity contribution in [1.29, 1.82) is 0 Å². The summed E-state index contributed by atoms with van der Waals surface area (Å²) in [5.41, 5.74) is 15.2. The fourth-order valence-electron chi connectivity index (χ4n) is 3.83. The molecule has 1 aromatic heterocycles. The molecule has 28 heavy (non-hydrogen) atoms. The Kier molecular flexibility index (Phi) is 4.01. The van der Waals surface area contributed by atoms with Gasteiger partial charge in [-0.05, 0) is 19.4 Å². The van der Waals surface area contributed by atoms with Crippen LogP contribution < -0.4 is 39.2 Å². The van der Waals surface area contributed by atoms with E-state index in [1.807, 2.05) is 0 Å². The average Bonchev–Trinajstić information content (AvgIpc) is 2.94. The first-order valence-electron chi connectivity index (χ1n) is 8.89. The van der Waals surface area contributed by atoms with Crippen LogP contribution in [0.5, 0.6) is 0 Å². The molecular weight excluding hydrogens is 360 g/mol. The second-order valence-corrected chi connectivity index (χ2v) is 6.79. The second-order valence-electron chi connectivity index (χ2n) is 6.79. The standard InChI is InChI=1S/C20H18N4O4/c21-7-3-4-8-24-19(27)13-14(20(24)28)16(23)12-11(15(13)22)17(25)9-5-1-2-6-10(9)18(12)26/h1-2,5-6H,3-4,7-8,21-23H2. The summed E-state index contributed by atoms with van der Waals surface area (Å²) in [6.45, 7) is 0.595. The maximum atomic E-state index is 13.0. The summed E-state index contributed by atoms with van der Waals surface area (Å²) in [5.74, 6) is 0. The average molecular weight is 378 g/mol. The van der Waals surface area contributed by atoms with Gasteiger partial charge in [-0.3, -0.25) is 23.7 Å². The van der Waals surface area contributed by atoms with Crippen LogP contribution in [-0.4, -0.2) is 11.1 Å². The fraction of sp³-hybridized carbons (Fsp3) is 0.200. The van der Waals surface area contributed by atoms with Crippen LogP contribution in [0.2, 0.25) is 0 Å². The van der Waals surface area contributed by atoms with E-state index in [0.717, 1.165) is 4.57 Å². The lowest BCUT2D eigenvalue weighted by molar-refractivity contribution is 0.595. The largest absolute Gasteiger partial charge is 0.397 e. The molecule has 142 valence electrons. The van der Waals surface area contributed by atoms with Crippen LogP contribution in [-0.2, 0) is 6.54 Å². The van der Waals surface area contributed by atoms with Gasteiger partial charge in [-0.15, -0.1) is 0 Å². The number of nitrogen functional groups attached to an aromatic ring is 2. The normalized spacial score (nSPS) is 11.8. The highest BCUT2D eigenvalue weighted by atomic mass is 16.2. The van der Waals surface area contributed by atoms with Gasteiger partial charge in [0.2, 0.25) is 0 Å². The molecule has 0 spiro atoms. The molecule has 0 atom stereocenters. The molecule has 0 radical (unpaired) electrons. The van der Waals surface area contributed by atoms with Crippen LogP contribution >= 0.6 is 0 Å². The number of nitrogens with zero attached hydrogens (tertiary/aromatic N) is 1. The number of hydrogen-bond donors (Lipinski definition) is 3. The third-order valence-electron chi connectivity index (χ3n) is 5.20. The Hall–Kier alpha value is -3.52. The maximum Gasteiger partial charge on any atom is 0.263 e. The summed E-state index contributed by atoms with van der Waals surface area (Å²) >= 11 is 0. The van der Waals surface area contributed by atoms with Crippen molar-refractivity contribution in [1.82, 2.24) is 4.57 Å². The first-order chi connectivity index (χ1) is 13.4. The summed E-state index contributed by atoms with van der Waals surface area (Å²) < 4.78 is 1.04. The number of nitrogens with two attached hydrogens (primary N) is 3. The van der Waals surface area contributed by atoms with Crippen molar-refractivity contribution in [2.75, 3.05) is 18.0 Å². The Morgan fingerprint density at radius 1 is 0.714 bits per heavy atom. The van der Waals surface area contributed by atoms with E-state index in [-0.39, 0.29) is 50.2 Å². The highest BCUT2D eigenvalue weighted by molar-refractivity contribution is 6.20. The summed E-state index contributed by atoms with van der Waals surface area (Å²) in [4.78, 5) is 51.7. The van der Waals surface area contributed by atoms with Crippen LogP contribution in [0.3, 0.4) is 0 Å². The first kappa shape index (κ1) is 17.9. The number of rotatable bonds is 4. The minimum absolute atomic E-state index is 0.102. The Balaban J connectivity index is 2.25. The number of aromatic nitrogens is 1. The van der Waals surface area contributed by atoms with E-state index < -0.39 is 22.0 Å². The molecule has 0 unspecified atom stereocenters. The molecule has 4 aromatic rings. The molecule has 6 N–H and O–H groups in total. The zero-order valence-electron chi connectivity index (χ0n) is 15.0. The third-order valence-corrected chi connectivity index (χ3v) is 5.20. The molecule has 0 aliphatic heterocycles. The van der Waals surface area contributed by atoms with Crippen LogP contribution in [0.1, 0.15) is 12.8 Å². The second kappa shape index (κ2) is 6.28. The maximum absolute atomic E-state index is 13.0. The van der Waals surface area contributed by atoms with Gasteiger partial charge in [-0.2, -0.15) is 0 Å². The molecular formula is C20H18N4O4. The van der Waals surface area contributed by atoms with Gasteiger partial charge in [-0.25, -0.2) is 0 Å². The molecule has 0 bridgehead atoms. The molecule has 4 rings (SSSR count). The van der Waals surface area contributed by atoms with Gasteiger partial charge in [0.25, 0.3) is 11.1 Å². The van der Waals surface area contributed by atoms with Crippen molar-refractivity contribution in [2.24, 2.45) is 5.73 Å². The summed E-state index contributed by atoms with van der Waals surface area (Å²) in [6.07, 6.45) is 1.17. The van der Waals surface area contributed by atoms with Gasteiger partial charge in [-0.1, -0.05) is 24.3 Å². The molecule has 8 nitrogen and oxygen atoms in total. The smallest absolute Gasteiger partial charge is 0.263 e. The molecule has 3 aromatic carbocycles. The number of hydrogen-bond acceptors (Lipinski definition) is 7. The Bertz CT molecular complexity index is 1370. The topological polar surface area (TPSA) is 151 Å². The molecule has 0 saturated heterocycles. The van der Waals surface area contributed by atoms with Crippen molar-refractivity contribution < 1.29 is 0 Å². The van der Waals surface area contributed by atoms with Crippen molar-refractivity contribution in [3.8, 4) is 0 Å². The van der Waals surface area contributed by atoms with Gasteiger partial charge in [0, 0.05) is 17.3 Å². The van der Waals surface area contributed by atoms with Gasteiger partial charge < -0.3 is 17.2 Å². The Labute approximate surface area is 157 Å². The van der Waals surface area contributed by atoms with E-state index in [4.69, 9.17) is 17.2 Å². The minimum atomic E-state index is -0.608. The lowest BCUT2D eigenvalue weighted by atomic mass is 9.97. The molecule has 0 amide bonds. The van der Waals surface area contributed by atoms with Gasteiger partial charge in [0.15, 0.2) is 10.9 Å². The monoisotopic (exact) mass is 378 g/mol. The van der Waals surface area contributed by atoms with Crippen molar-refractivity contribution in [3.05, 3.63) is 65.4 Å². The van der Waals surface area contributed by atoms with Crippen molar-refractivity contribution in [3.63, 3.8) is 0 Å². The van der Waals surface area contributed by atoms with Crippen LogP contribution in [0, 0.1) is 0 Å². The highest BCUT2D eigenvalue weighted by Gasteiger charge is 2.25. The molecule has 8 heteroatoms. The van der Waals surface area contributed by atoms with Crippen molar-refractivity contribution >= 4 is 43.7 Å².